The van der Waals surface area contributed by atoms with Gasteiger partial charge in [-0.15, -0.1) is 0 Å². The Morgan fingerprint density at radius 2 is 2.29 bits per heavy atom. The van der Waals surface area contributed by atoms with E-state index in [9.17, 15) is 4.79 Å². The van der Waals surface area contributed by atoms with Gasteiger partial charge in [0, 0.05) is 19.0 Å². The molecule has 24 heavy (non-hydrogen) atoms. The highest BCUT2D eigenvalue weighted by Crippen LogP contribution is 2.33. The van der Waals surface area contributed by atoms with Gasteiger partial charge in [-0.3, -0.25) is 0 Å². The van der Waals surface area contributed by atoms with Gasteiger partial charge in [0.05, 0.1) is 16.8 Å². The molecule has 1 aliphatic rings. The number of rotatable bonds is 4. The Hall–Kier alpha value is -2.01. The number of urea groups is 1. The van der Waals surface area contributed by atoms with Crippen LogP contribution >= 0.6 is 11.6 Å². The molecule has 128 valence electrons. The van der Waals surface area contributed by atoms with Crippen LogP contribution in [0.15, 0.2) is 28.8 Å². The molecule has 0 radical (unpaired) electrons. The molecule has 6 heteroatoms. The minimum absolute atomic E-state index is 0.0384. The molecule has 5 nitrogen and oxygen atoms in total. The van der Waals surface area contributed by atoms with Crippen molar-refractivity contribution in [2.75, 3.05) is 11.9 Å². The molecular formula is C18H22ClN3O2. The number of amides is 2. The summed E-state index contributed by atoms with van der Waals surface area (Å²) in [6.45, 7) is 4.77. The molecule has 1 fully saturated rings. The summed E-state index contributed by atoms with van der Waals surface area (Å²) in [7, 11) is 0. The van der Waals surface area contributed by atoms with Gasteiger partial charge in [-0.25, -0.2) is 4.79 Å². The van der Waals surface area contributed by atoms with Crippen molar-refractivity contribution in [3.05, 3.63) is 46.3 Å². The molecule has 0 aliphatic carbocycles. The molecule has 0 saturated carbocycles. The minimum atomic E-state index is -0.150. The van der Waals surface area contributed by atoms with E-state index in [1.165, 1.54) is 0 Å². The number of benzene rings is 1. The monoisotopic (exact) mass is 347 g/mol. The van der Waals surface area contributed by atoms with E-state index >= 15 is 0 Å². The molecule has 2 amide bonds. The number of nitrogens with one attached hydrogen (secondary N) is 1. The predicted molar refractivity (Wildman–Crippen MR) is 94.4 cm³/mol. The molecular weight excluding hydrogens is 326 g/mol. The van der Waals surface area contributed by atoms with Gasteiger partial charge in [-0.05, 0) is 43.9 Å². The largest absolute Gasteiger partial charge is 0.361 e. The lowest BCUT2D eigenvalue weighted by Crippen LogP contribution is -2.34. The van der Waals surface area contributed by atoms with E-state index < -0.39 is 0 Å². The van der Waals surface area contributed by atoms with E-state index in [0.29, 0.717) is 17.3 Å². The molecule has 1 N–H and O–H groups in total. The van der Waals surface area contributed by atoms with Crippen LogP contribution in [0.3, 0.4) is 0 Å². The minimum Gasteiger partial charge on any atom is -0.361 e. The molecule has 2 aromatic rings. The predicted octanol–water partition coefficient (Wildman–Crippen LogP) is 4.96. The fourth-order valence-electron chi connectivity index (χ4n) is 3.08. The van der Waals surface area contributed by atoms with Crippen LogP contribution in [0.25, 0.3) is 0 Å². The average Bonchev–Trinajstić information content (AvgIpc) is 3.19. The topological polar surface area (TPSA) is 58.4 Å². The average molecular weight is 348 g/mol. The Labute approximate surface area is 147 Å². The van der Waals surface area contributed by atoms with Gasteiger partial charge in [0.15, 0.2) is 0 Å². The highest BCUT2D eigenvalue weighted by molar-refractivity contribution is 6.33. The number of likely N-dealkylation sites (tertiary alicyclic amines) is 1. The second-order valence-corrected chi connectivity index (χ2v) is 6.64. The van der Waals surface area contributed by atoms with Crippen molar-refractivity contribution in [3.63, 3.8) is 0 Å². The number of nitrogens with zero attached hydrogens (tertiary/aromatic N) is 2. The van der Waals surface area contributed by atoms with E-state index in [4.69, 9.17) is 16.1 Å². The van der Waals surface area contributed by atoms with Crippen LogP contribution in [0.4, 0.5) is 10.5 Å². The summed E-state index contributed by atoms with van der Waals surface area (Å²) >= 11 is 6.21. The van der Waals surface area contributed by atoms with E-state index in [-0.39, 0.29) is 12.1 Å². The van der Waals surface area contributed by atoms with Crippen molar-refractivity contribution < 1.29 is 9.32 Å². The normalized spacial score (nSPS) is 17.3. The maximum absolute atomic E-state index is 12.7. The first-order chi connectivity index (χ1) is 11.6. The highest BCUT2D eigenvalue weighted by Gasteiger charge is 2.32. The first-order valence-corrected chi connectivity index (χ1v) is 8.75. The Morgan fingerprint density at radius 1 is 1.46 bits per heavy atom. The molecule has 2 heterocycles. The zero-order chi connectivity index (χ0) is 17.1. The van der Waals surface area contributed by atoms with Crippen molar-refractivity contribution >= 4 is 23.3 Å². The van der Waals surface area contributed by atoms with Crippen molar-refractivity contribution in [1.82, 2.24) is 10.1 Å². The van der Waals surface area contributed by atoms with Crippen LogP contribution in [0.5, 0.6) is 0 Å². The molecule has 1 aromatic heterocycles. The molecule has 0 spiro atoms. The van der Waals surface area contributed by atoms with Crippen LogP contribution in [-0.2, 0) is 6.42 Å². The summed E-state index contributed by atoms with van der Waals surface area (Å²) < 4.78 is 5.37. The highest BCUT2D eigenvalue weighted by atomic mass is 35.5. The maximum atomic E-state index is 12.7. The molecule has 1 aromatic carbocycles. The first kappa shape index (κ1) is 16.8. The standard InChI is InChI=1S/C18H22ClN3O2/c1-3-5-13-11-16(21-24-13)17-6-4-9-22(17)18(23)20-15-8-7-12(2)10-14(15)19/h7-8,10-11,17H,3-6,9H2,1-2H3,(H,20,23)/t17-/m0/s1. The second kappa shape index (κ2) is 7.26. The summed E-state index contributed by atoms with van der Waals surface area (Å²) in [5.41, 5.74) is 2.52. The Balaban J connectivity index is 1.73. The van der Waals surface area contributed by atoms with Crippen molar-refractivity contribution in [1.29, 1.82) is 0 Å². The molecule has 1 aliphatic heterocycles. The summed E-state index contributed by atoms with van der Waals surface area (Å²) in [5, 5.41) is 7.62. The Kier molecular flexibility index (Phi) is 5.09. The van der Waals surface area contributed by atoms with Gasteiger partial charge >= 0.3 is 6.03 Å². The molecule has 1 saturated heterocycles. The lowest BCUT2D eigenvalue weighted by atomic mass is 10.1. The molecule has 0 bridgehead atoms. The van der Waals surface area contributed by atoms with E-state index in [1.807, 2.05) is 36.1 Å². The summed E-state index contributed by atoms with van der Waals surface area (Å²) in [5.74, 6) is 0.876. The zero-order valence-corrected chi connectivity index (χ0v) is 14.8. The fourth-order valence-corrected chi connectivity index (χ4v) is 3.36. The van der Waals surface area contributed by atoms with Crippen molar-refractivity contribution in [2.45, 2.75) is 45.6 Å². The van der Waals surface area contributed by atoms with Gasteiger partial charge in [0.2, 0.25) is 0 Å². The maximum Gasteiger partial charge on any atom is 0.322 e. The first-order valence-electron chi connectivity index (χ1n) is 8.37. The van der Waals surface area contributed by atoms with Crippen LogP contribution in [0.1, 0.15) is 49.2 Å². The number of carbonyl (C=O) groups excluding carboxylic acids is 1. The third-order valence-electron chi connectivity index (χ3n) is 4.29. The lowest BCUT2D eigenvalue weighted by Gasteiger charge is -2.23. The number of halogens is 1. The van der Waals surface area contributed by atoms with Gasteiger partial charge in [-0.2, -0.15) is 0 Å². The molecule has 0 unspecified atom stereocenters. The van der Waals surface area contributed by atoms with E-state index in [2.05, 4.69) is 17.4 Å². The zero-order valence-electron chi connectivity index (χ0n) is 14.0. The van der Waals surface area contributed by atoms with Crippen LogP contribution in [-0.4, -0.2) is 22.6 Å². The Bertz CT molecular complexity index is 729. The van der Waals surface area contributed by atoms with Crippen LogP contribution < -0.4 is 5.32 Å². The van der Waals surface area contributed by atoms with Gasteiger partial charge < -0.3 is 14.7 Å². The third kappa shape index (κ3) is 3.56. The summed E-state index contributed by atoms with van der Waals surface area (Å²) in [4.78, 5) is 14.5. The van der Waals surface area contributed by atoms with Crippen molar-refractivity contribution in [3.8, 4) is 0 Å². The van der Waals surface area contributed by atoms with Crippen molar-refractivity contribution in [2.24, 2.45) is 0 Å². The third-order valence-corrected chi connectivity index (χ3v) is 4.61. The smallest absolute Gasteiger partial charge is 0.322 e. The number of hydrogen-bond donors (Lipinski definition) is 1. The van der Waals surface area contributed by atoms with Gasteiger partial charge in [0.1, 0.15) is 11.5 Å². The summed E-state index contributed by atoms with van der Waals surface area (Å²) in [6, 6.07) is 7.38. The number of aryl methyl sites for hydroxylation is 2. The number of hydrogen-bond acceptors (Lipinski definition) is 3. The molecule has 3 rings (SSSR count). The number of aromatic nitrogens is 1. The lowest BCUT2D eigenvalue weighted by molar-refractivity contribution is 0.204. The summed E-state index contributed by atoms with van der Waals surface area (Å²) in [6.07, 6.45) is 3.73. The van der Waals surface area contributed by atoms with Crippen LogP contribution in [0, 0.1) is 6.92 Å². The van der Waals surface area contributed by atoms with E-state index in [1.54, 1.807) is 0 Å². The van der Waals surface area contributed by atoms with Gasteiger partial charge in [0.25, 0.3) is 0 Å². The Morgan fingerprint density at radius 3 is 3.04 bits per heavy atom. The number of anilines is 1. The van der Waals surface area contributed by atoms with Crippen LogP contribution in [0.2, 0.25) is 5.02 Å². The second-order valence-electron chi connectivity index (χ2n) is 6.23. The van der Waals surface area contributed by atoms with Gasteiger partial charge in [-0.1, -0.05) is 29.7 Å². The molecule has 1 atom stereocenters. The van der Waals surface area contributed by atoms with E-state index in [0.717, 1.165) is 42.7 Å². The SMILES string of the molecule is CCCc1cc([C@@H]2CCCN2C(=O)Nc2ccc(C)cc2Cl)no1. The fraction of sp³-hybridized carbons (Fsp3) is 0.444. The number of carbonyl (C=O) groups is 1. The quantitative estimate of drug-likeness (QED) is 0.850.